The molecule has 4 unspecified atom stereocenters. The van der Waals surface area contributed by atoms with Gasteiger partial charge in [0.05, 0.1) is 0 Å². The Balaban J connectivity index is 2.20. The van der Waals surface area contributed by atoms with Crippen molar-refractivity contribution in [3.63, 3.8) is 0 Å². The normalized spacial score (nSPS) is 51.4. The van der Waals surface area contributed by atoms with Gasteiger partial charge in [-0.25, -0.2) is 0 Å². The molecule has 0 heterocycles. The van der Waals surface area contributed by atoms with Crippen molar-refractivity contribution in [3.8, 4) is 0 Å². The highest BCUT2D eigenvalue weighted by molar-refractivity contribution is 5.26. The van der Waals surface area contributed by atoms with E-state index in [1.807, 2.05) is 0 Å². The Labute approximate surface area is 69.7 Å². The van der Waals surface area contributed by atoms with Crippen molar-refractivity contribution in [3.05, 3.63) is 11.6 Å². The Morgan fingerprint density at radius 2 is 2.27 bits per heavy atom. The Bertz CT molecular complexity index is 190. The number of fused-ring (bicyclic) bond motifs is 1. The molecule has 0 spiro atoms. The fourth-order valence-electron chi connectivity index (χ4n) is 3.09. The van der Waals surface area contributed by atoms with Gasteiger partial charge in [-0.15, -0.1) is 0 Å². The first-order valence-corrected chi connectivity index (χ1v) is 4.95. The standard InChI is InChI=1S/C11H18/c1-4-8-7(3)10-6-11(10)9(8)5-2/h5,7-8,10-11H,4,6H2,1-3H3/b9-5-. The van der Waals surface area contributed by atoms with Crippen LogP contribution in [0.15, 0.2) is 11.6 Å². The lowest BCUT2D eigenvalue weighted by Gasteiger charge is -2.18. The summed E-state index contributed by atoms with van der Waals surface area (Å²) in [4.78, 5) is 0. The lowest BCUT2D eigenvalue weighted by molar-refractivity contribution is 0.397. The second kappa shape index (κ2) is 2.36. The molecule has 0 saturated heterocycles. The number of allylic oxidation sites excluding steroid dienone is 2. The van der Waals surface area contributed by atoms with Crippen LogP contribution < -0.4 is 0 Å². The Hall–Kier alpha value is -0.260. The van der Waals surface area contributed by atoms with Gasteiger partial charge in [-0.3, -0.25) is 0 Å². The van der Waals surface area contributed by atoms with E-state index in [0.717, 1.165) is 23.7 Å². The van der Waals surface area contributed by atoms with E-state index in [1.165, 1.54) is 12.8 Å². The van der Waals surface area contributed by atoms with Crippen LogP contribution in [0.4, 0.5) is 0 Å². The molecule has 2 saturated carbocycles. The van der Waals surface area contributed by atoms with E-state index in [0.29, 0.717) is 0 Å². The Morgan fingerprint density at radius 3 is 2.73 bits per heavy atom. The fraction of sp³-hybridized carbons (Fsp3) is 0.818. The minimum atomic E-state index is 0.934. The van der Waals surface area contributed by atoms with Crippen LogP contribution in [-0.2, 0) is 0 Å². The zero-order valence-electron chi connectivity index (χ0n) is 7.80. The molecule has 2 fully saturated rings. The summed E-state index contributed by atoms with van der Waals surface area (Å²) in [6.07, 6.45) is 5.23. The molecule has 0 heteroatoms. The monoisotopic (exact) mass is 150 g/mol. The van der Waals surface area contributed by atoms with Crippen LogP contribution in [0.25, 0.3) is 0 Å². The second-order valence-corrected chi connectivity index (χ2v) is 4.17. The van der Waals surface area contributed by atoms with Gasteiger partial charge in [0.25, 0.3) is 0 Å². The van der Waals surface area contributed by atoms with Crippen LogP contribution in [0.2, 0.25) is 0 Å². The van der Waals surface area contributed by atoms with Crippen LogP contribution in [0.1, 0.15) is 33.6 Å². The number of hydrogen-bond acceptors (Lipinski definition) is 0. The molecule has 0 aromatic rings. The van der Waals surface area contributed by atoms with Crippen LogP contribution in [0.3, 0.4) is 0 Å². The van der Waals surface area contributed by atoms with Crippen molar-refractivity contribution in [2.45, 2.75) is 33.6 Å². The van der Waals surface area contributed by atoms with Crippen LogP contribution in [-0.4, -0.2) is 0 Å². The van der Waals surface area contributed by atoms with Gasteiger partial charge in [0.2, 0.25) is 0 Å². The molecule has 62 valence electrons. The highest BCUT2D eigenvalue weighted by Gasteiger charge is 2.53. The van der Waals surface area contributed by atoms with Crippen molar-refractivity contribution in [1.82, 2.24) is 0 Å². The lowest BCUT2D eigenvalue weighted by atomic mass is 9.87. The minimum Gasteiger partial charge on any atom is -0.0879 e. The maximum Gasteiger partial charge on any atom is -0.0166 e. The second-order valence-electron chi connectivity index (χ2n) is 4.17. The maximum absolute atomic E-state index is 2.44. The molecule has 0 aliphatic heterocycles. The predicted octanol–water partition coefficient (Wildman–Crippen LogP) is 3.24. The summed E-state index contributed by atoms with van der Waals surface area (Å²) in [6.45, 7) is 6.98. The lowest BCUT2D eigenvalue weighted by Crippen LogP contribution is -2.08. The first-order chi connectivity index (χ1) is 5.29. The Morgan fingerprint density at radius 1 is 1.55 bits per heavy atom. The average Bonchev–Trinajstić information content (AvgIpc) is 2.73. The first kappa shape index (κ1) is 7.39. The SMILES string of the molecule is C/C=C1/C(CC)C(C)C2CC12. The molecule has 0 N–H and O–H groups in total. The largest absolute Gasteiger partial charge is 0.0879 e. The van der Waals surface area contributed by atoms with Gasteiger partial charge in [-0.1, -0.05) is 25.5 Å². The predicted molar refractivity (Wildman–Crippen MR) is 48.3 cm³/mol. The summed E-state index contributed by atoms with van der Waals surface area (Å²) in [6, 6.07) is 0. The molecular weight excluding hydrogens is 132 g/mol. The molecule has 11 heavy (non-hydrogen) atoms. The molecule has 0 bridgehead atoms. The molecular formula is C11H18. The molecule has 0 aromatic carbocycles. The molecule has 2 aliphatic rings. The molecule has 2 rings (SSSR count). The maximum atomic E-state index is 2.44. The summed E-state index contributed by atoms with van der Waals surface area (Å²) in [5.41, 5.74) is 1.78. The van der Waals surface area contributed by atoms with Gasteiger partial charge < -0.3 is 0 Å². The van der Waals surface area contributed by atoms with Crippen LogP contribution in [0.5, 0.6) is 0 Å². The zero-order chi connectivity index (χ0) is 8.01. The summed E-state index contributed by atoms with van der Waals surface area (Å²) in [5, 5.41) is 0. The van der Waals surface area contributed by atoms with Gasteiger partial charge in [0, 0.05) is 0 Å². The fourth-order valence-corrected chi connectivity index (χ4v) is 3.09. The molecule has 0 amide bonds. The zero-order valence-corrected chi connectivity index (χ0v) is 7.80. The van der Waals surface area contributed by atoms with Crippen molar-refractivity contribution in [2.24, 2.45) is 23.7 Å². The Kier molecular flexibility index (Phi) is 1.59. The summed E-state index contributed by atoms with van der Waals surface area (Å²) in [5.74, 6) is 4.01. The third-order valence-electron chi connectivity index (χ3n) is 3.78. The molecule has 2 aliphatic carbocycles. The van der Waals surface area contributed by atoms with Crippen molar-refractivity contribution < 1.29 is 0 Å². The number of rotatable bonds is 1. The van der Waals surface area contributed by atoms with E-state index >= 15 is 0 Å². The average molecular weight is 150 g/mol. The van der Waals surface area contributed by atoms with Crippen molar-refractivity contribution in [2.75, 3.05) is 0 Å². The summed E-state index contributed by atoms with van der Waals surface area (Å²) < 4.78 is 0. The molecule has 0 nitrogen and oxygen atoms in total. The highest BCUT2D eigenvalue weighted by atomic mass is 14.6. The van der Waals surface area contributed by atoms with E-state index in [9.17, 15) is 0 Å². The summed E-state index contributed by atoms with van der Waals surface area (Å²) in [7, 11) is 0. The quantitative estimate of drug-likeness (QED) is 0.503. The van der Waals surface area contributed by atoms with E-state index in [2.05, 4.69) is 26.8 Å². The van der Waals surface area contributed by atoms with Crippen molar-refractivity contribution >= 4 is 0 Å². The van der Waals surface area contributed by atoms with Gasteiger partial charge in [-0.2, -0.15) is 0 Å². The van der Waals surface area contributed by atoms with E-state index in [1.54, 1.807) is 5.57 Å². The highest BCUT2D eigenvalue weighted by Crippen LogP contribution is 2.61. The van der Waals surface area contributed by atoms with Gasteiger partial charge in [0.15, 0.2) is 0 Å². The molecule has 4 atom stereocenters. The smallest absolute Gasteiger partial charge is 0.0166 e. The van der Waals surface area contributed by atoms with Crippen LogP contribution >= 0.6 is 0 Å². The van der Waals surface area contributed by atoms with E-state index in [4.69, 9.17) is 0 Å². The third-order valence-corrected chi connectivity index (χ3v) is 3.78. The summed E-state index contributed by atoms with van der Waals surface area (Å²) >= 11 is 0. The van der Waals surface area contributed by atoms with E-state index < -0.39 is 0 Å². The van der Waals surface area contributed by atoms with Gasteiger partial charge in [-0.05, 0) is 43.4 Å². The van der Waals surface area contributed by atoms with Gasteiger partial charge >= 0.3 is 0 Å². The molecule has 0 aromatic heterocycles. The first-order valence-electron chi connectivity index (χ1n) is 4.95. The minimum absolute atomic E-state index is 0.934. The number of hydrogen-bond donors (Lipinski definition) is 0. The van der Waals surface area contributed by atoms with Crippen molar-refractivity contribution in [1.29, 1.82) is 0 Å². The van der Waals surface area contributed by atoms with Gasteiger partial charge in [0.1, 0.15) is 0 Å². The van der Waals surface area contributed by atoms with E-state index in [-0.39, 0.29) is 0 Å². The van der Waals surface area contributed by atoms with Crippen LogP contribution in [0, 0.1) is 23.7 Å². The topological polar surface area (TPSA) is 0 Å². The molecule has 0 radical (unpaired) electrons. The third kappa shape index (κ3) is 0.881.